The van der Waals surface area contributed by atoms with Gasteiger partial charge in [-0.25, -0.2) is 4.98 Å². The molecule has 1 saturated heterocycles. The lowest BCUT2D eigenvalue weighted by atomic mass is 9.78. The van der Waals surface area contributed by atoms with Crippen LogP contribution in [0.15, 0.2) is 59.7 Å². The van der Waals surface area contributed by atoms with Crippen LogP contribution in [0.4, 0.5) is 0 Å². The maximum absolute atomic E-state index is 13.5. The molecule has 0 radical (unpaired) electrons. The maximum atomic E-state index is 13.5. The van der Waals surface area contributed by atoms with E-state index < -0.39 is 0 Å². The van der Waals surface area contributed by atoms with Crippen LogP contribution < -0.4 is 5.56 Å². The summed E-state index contributed by atoms with van der Waals surface area (Å²) in [4.78, 5) is 35.2. The molecule has 2 aromatic heterocycles. The minimum atomic E-state index is -0.300. The van der Waals surface area contributed by atoms with E-state index >= 15 is 0 Å². The number of likely N-dealkylation sites (tertiary alicyclic amines) is 1. The molecule has 0 unspecified atom stereocenters. The van der Waals surface area contributed by atoms with E-state index in [2.05, 4.69) is 9.97 Å². The molecule has 5 rings (SSSR count). The lowest BCUT2D eigenvalue weighted by Gasteiger charge is -2.46. The molecule has 3 aromatic rings. The Hall–Kier alpha value is -3.19. The largest absolute Gasteiger partial charge is 0.394 e. The van der Waals surface area contributed by atoms with Crippen molar-refractivity contribution in [3.05, 3.63) is 76.5 Å². The Kier molecular flexibility index (Phi) is 4.32. The fourth-order valence-corrected chi connectivity index (χ4v) is 4.90. The SMILES string of the molecule is O=C(c1ccccc1-c1ncc[nH]1)N1C[C@H]2C[C@@H](C1)[C@H](CO)n1c2cccc1=O. The maximum Gasteiger partial charge on any atom is 0.254 e. The molecule has 0 aliphatic carbocycles. The van der Waals surface area contributed by atoms with Crippen molar-refractivity contribution in [3.8, 4) is 11.4 Å². The van der Waals surface area contributed by atoms with Crippen LogP contribution in [0.2, 0.25) is 0 Å². The third-order valence-corrected chi connectivity index (χ3v) is 6.18. The number of fused-ring (bicyclic) bond motifs is 4. The van der Waals surface area contributed by atoms with Gasteiger partial charge in [-0.2, -0.15) is 0 Å². The minimum absolute atomic E-state index is 0.0462. The van der Waals surface area contributed by atoms with Crippen LogP contribution in [0.25, 0.3) is 11.4 Å². The van der Waals surface area contributed by atoms with Crippen molar-refractivity contribution in [2.75, 3.05) is 19.7 Å². The Balaban J connectivity index is 1.51. The molecule has 1 fully saturated rings. The molecule has 2 aliphatic rings. The summed E-state index contributed by atoms with van der Waals surface area (Å²) >= 11 is 0. The van der Waals surface area contributed by atoms with Gasteiger partial charge in [0.1, 0.15) is 5.82 Å². The Morgan fingerprint density at radius 3 is 2.83 bits per heavy atom. The number of hydrogen-bond donors (Lipinski definition) is 2. The van der Waals surface area contributed by atoms with E-state index in [4.69, 9.17) is 0 Å². The van der Waals surface area contributed by atoms with Gasteiger partial charge in [0.25, 0.3) is 11.5 Å². The molecule has 1 aromatic carbocycles. The summed E-state index contributed by atoms with van der Waals surface area (Å²) in [5.74, 6) is 0.752. The van der Waals surface area contributed by atoms with Gasteiger partial charge in [0.05, 0.1) is 18.2 Å². The Labute approximate surface area is 167 Å². The fourth-order valence-electron chi connectivity index (χ4n) is 4.90. The third-order valence-electron chi connectivity index (χ3n) is 6.18. The van der Waals surface area contributed by atoms with Gasteiger partial charge >= 0.3 is 0 Å². The van der Waals surface area contributed by atoms with E-state index in [1.807, 2.05) is 35.2 Å². The molecule has 29 heavy (non-hydrogen) atoms. The van der Waals surface area contributed by atoms with Crippen LogP contribution in [-0.2, 0) is 0 Å². The lowest BCUT2D eigenvalue weighted by Crippen LogP contribution is -2.51. The van der Waals surface area contributed by atoms with Gasteiger partial charge in [-0.1, -0.05) is 24.3 Å². The van der Waals surface area contributed by atoms with Gasteiger partial charge in [0, 0.05) is 54.6 Å². The van der Waals surface area contributed by atoms with E-state index in [0.29, 0.717) is 24.5 Å². The Morgan fingerprint density at radius 2 is 2.03 bits per heavy atom. The number of aromatic nitrogens is 3. The van der Waals surface area contributed by atoms with Crippen LogP contribution in [0.5, 0.6) is 0 Å². The number of hydrogen-bond acceptors (Lipinski definition) is 4. The number of piperidine rings is 1. The van der Waals surface area contributed by atoms with Crippen LogP contribution in [0.3, 0.4) is 0 Å². The molecule has 0 saturated carbocycles. The number of aliphatic hydroxyl groups is 1. The van der Waals surface area contributed by atoms with Gasteiger partial charge in [-0.15, -0.1) is 0 Å². The summed E-state index contributed by atoms with van der Waals surface area (Å²) in [6, 6.07) is 12.4. The monoisotopic (exact) mass is 390 g/mol. The molecule has 7 nitrogen and oxygen atoms in total. The Morgan fingerprint density at radius 1 is 1.17 bits per heavy atom. The number of imidazole rings is 1. The highest BCUT2D eigenvalue weighted by Gasteiger charge is 2.41. The molecule has 3 atom stereocenters. The second kappa shape index (κ2) is 7.00. The highest BCUT2D eigenvalue weighted by molar-refractivity contribution is 6.00. The average molecular weight is 390 g/mol. The number of nitrogens with one attached hydrogen (secondary N) is 1. The summed E-state index contributed by atoms with van der Waals surface area (Å²) in [5, 5.41) is 10.0. The van der Waals surface area contributed by atoms with Gasteiger partial charge in [-0.3, -0.25) is 9.59 Å². The van der Waals surface area contributed by atoms with E-state index in [1.165, 1.54) is 6.07 Å². The smallest absolute Gasteiger partial charge is 0.254 e. The van der Waals surface area contributed by atoms with Crippen molar-refractivity contribution in [2.24, 2.45) is 5.92 Å². The summed E-state index contributed by atoms with van der Waals surface area (Å²) in [5.41, 5.74) is 2.20. The first-order valence-corrected chi connectivity index (χ1v) is 9.87. The van der Waals surface area contributed by atoms with Gasteiger partial charge in [-0.05, 0) is 18.6 Å². The van der Waals surface area contributed by atoms with Crippen molar-refractivity contribution < 1.29 is 9.90 Å². The van der Waals surface area contributed by atoms with Crippen molar-refractivity contribution in [1.82, 2.24) is 19.4 Å². The zero-order valence-electron chi connectivity index (χ0n) is 15.9. The highest BCUT2D eigenvalue weighted by atomic mass is 16.3. The number of H-pyrrole nitrogens is 1. The quantitative estimate of drug-likeness (QED) is 0.716. The van der Waals surface area contributed by atoms with E-state index in [1.54, 1.807) is 23.0 Å². The molecule has 2 aliphatic heterocycles. The molecule has 0 spiro atoms. The first-order valence-electron chi connectivity index (χ1n) is 9.87. The van der Waals surface area contributed by atoms with Gasteiger partial charge in [0.2, 0.25) is 0 Å². The number of aliphatic hydroxyl groups excluding tert-OH is 1. The molecule has 148 valence electrons. The average Bonchev–Trinajstić information content (AvgIpc) is 3.29. The molecular weight excluding hydrogens is 368 g/mol. The normalized spacial score (nSPS) is 22.9. The number of benzene rings is 1. The summed E-state index contributed by atoms with van der Waals surface area (Å²) < 4.78 is 1.73. The van der Waals surface area contributed by atoms with Crippen molar-refractivity contribution in [2.45, 2.75) is 18.4 Å². The number of carbonyl (C=O) groups is 1. The molecule has 2 N–H and O–H groups in total. The summed E-state index contributed by atoms with van der Waals surface area (Å²) in [7, 11) is 0. The molecular formula is C22H22N4O3. The zero-order chi connectivity index (χ0) is 20.0. The number of nitrogens with zero attached hydrogens (tertiary/aromatic N) is 3. The predicted molar refractivity (Wildman–Crippen MR) is 108 cm³/mol. The number of pyridine rings is 1. The number of carbonyl (C=O) groups excluding carboxylic acids is 1. The van der Waals surface area contributed by atoms with Gasteiger partial charge in [0.15, 0.2) is 0 Å². The Bertz CT molecular complexity index is 1110. The van der Waals surface area contributed by atoms with Crippen LogP contribution >= 0.6 is 0 Å². The van der Waals surface area contributed by atoms with Crippen molar-refractivity contribution >= 4 is 5.91 Å². The van der Waals surface area contributed by atoms with E-state index in [0.717, 1.165) is 17.7 Å². The van der Waals surface area contributed by atoms with Crippen LogP contribution in [-0.4, -0.2) is 50.1 Å². The zero-order valence-corrected chi connectivity index (χ0v) is 15.9. The molecule has 1 amide bonds. The second-order valence-electron chi connectivity index (χ2n) is 7.80. The predicted octanol–water partition coefficient (Wildman–Crippen LogP) is 2.03. The van der Waals surface area contributed by atoms with E-state index in [9.17, 15) is 14.7 Å². The fraction of sp³-hybridized carbons (Fsp3) is 0.318. The second-order valence-corrected chi connectivity index (χ2v) is 7.80. The van der Waals surface area contributed by atoms with Crippen LogP contribution in [0.1, 0.15) is 34.4 Å². The molecule has 7 heteroatoms. The topological polar surface area (TPSA) is 91.2 Å². The highest BCUT2D eigenvalue weighted by Crippen LogP contribution is 2.41. The number of aromatic amines is 1. The molecule has 2 bridgehead atoms. The number of amides is 1. The first-order chi connectivity index (χ1) is 14.2. The lowest BCUT2D eigenvalue weighted by molar-refractivity contribution is 0.0438. The molecule has 4 heterocycles. The van der Waals surface area contributed by atoms with Crippen molar-refractivity contribution in [3.63, 3.8) is 0 Å². The van der Waals surface area contributed by atoms with E-state index in [-0.39, 0.29) is 36.0 Å². The summed E-state index contributed by atoms with van der Waals surface area (Å²) in [6.07, 6.45) is 4.28. The standard InChI is InChI=1S/C22H22N4O3/c27-13-19-15-10-14(18-6-3-7-20(28)26(18)19)11-25(12-15)22(29)17-5-2-1-4-16(17)21-23-8-9-24-21/h1-9,14-15,19,27H,10-13H2,(H,23,24)/t14-,15+,19+/m1/s1. The summed E-state index contributed by atoms with van der Waals surface area (Å²) in [6.45, 7) is 0.969. The van der Waals surface area contributed by atoms with Gasteiger partial charge < -0.3 is 19.6 Å². The third kappa shape index (κ3) is 2.89. The number of rotatable bonds is 3. The first kappa shape index (κ1) is 17.9. The van der Waals surface area contributed by atoms with Crippen molar-refractivity contribution in [1.29, 1.82) is 0 Å². The minimum Gasteiger partial charge on any atom is -0.394 e. The van der Waals surface area contributed by atoms with Crippen LogP contribution in [0, 0.1) is 5.92 Å².